The van der Waals surface area contributed by atoms with Crippen molar-refractivity contribution < 1.29 is 47.4 Å². The number of hydrogen-bond donors (Lipinski definition) is 2. The van der Waals surface area contributed by atoms with Gasteiger partial charge in [0.15, 0.2) is 6.10 Å². The number of hydrogen-bond acceptors (Lipinski definition) is 9. The third-order valence-electron chi connectivity index (χ3n) is 10.5. The van der Waals surface area contributed by atoms with Crippen LogP contribution in [0, 0.1) is 47.4 Å². The summed E-state index contributed by atoms with van der Waals surface area (Å²) in [6.07, 6.45) is 35.1. The number of aliphatic hydroxyl groups excluding tert-OH is 1. The van der Waals surface area contributed by atoms with E-state index in [4.69, 9.17) is 28.4 Å². The van der Waals surface area contributed by atoms with Gasteiger partial charge in [0.05, 0.1) is 33.0 Å². The molecule has 0 rings (SSSR count). The molecule has 0 saturated carbocycles. The second-order valence-corrected chi connectivity index (χ2v) is 18.1. The maximum absolute atomic E-state index is 12.7. The minimum absolute atomic E-state index is 0.0168. The molecular weight excluding hydrogens is 828 g/mol. The first-order chi connectivity index (χ1) is 31.3. The highest BCUT2D eigenvalue weighted by Crippen LogP contribution is 2.43. The summed E-state index contributed by atoms with van der Waals surface area (Å²) in [5.74, 6) is 23.6. The molecule has 2 unspecified atom stereocenters. The molecule has 0 aromatic carbocycles. The SMILES string of the molecule is CCCCCCCCCCC#CC#CCCCCCCCCC(=O)OCC(COP(=O)(O)OCCOCCO)OC(=O)CCCCCCCCC#CC#CCCCCCCCCCC. The number of rotatable bonds is 44. The number of phosphoric acid groups is 1. The van der Waals surface area contributed by atoms with E-state index in [-0.39, 0.29) is 45.9 Å². The topological polar surface area (TPSA) is 138 Å². The third-order valence-corrected chi connectivity index (χ3v) is 11.5. The average Bonchev–Trinajstić information content (AvgIpc) is 3.28. The minimum Gasteiger partial charge on any atom is -0.462 e. The van der Waals surface area contributed by atoms with Crippen LogP contribution >= 0.6 is 7.82 Å². The molecule has 64 heavy (non-hydrogen) atoms. The van der Waals surface area contributed by atoms with Crippen molar-refractivity contribution in [2.45, 2.75) is 238 Å². The molecule has 2 N–H and O–H groups in total. The summed E-state index contributed by atoms with van der Waals surface area (Å²) in [4.78, 5) is 35.3. The van der Waals surface area contributed by atoms with Crippen molar-refractivity contribution in [2.24, 2.45) is 0 Å². The zero-order valence-corrected chi connectivity index (χ0v) is 41.4. The number of carbonyl (C=O) groups is 2. The summed E-state index contributed by atoms with van der Waals surface area (Å²) in [6.45, 7) is 3.33. The van der Waals surface area contributed by atoms with Gasteiger partial charge in [-0.15, -0.1) is 0 Å². The number of phosphoric ester groups is 1. The largest absolute Gasteiger partial charge is 0.472 e. The van der Waals surface area contributed by atoms with Gasteiger partial charge in [-0.1, -0.05) is 179 Å². The number of aliphatic hydroxyl groups is 1. The Morgan fingerprint density at radius 3 is 1.25 bits per heavy atom. The van der Waals surface area contributed by atoms with Gasteiger partial charge in [0.1, 0.15) is 6.61 Å². The number of unbranched alkanes of at least 4 members (excludes halogenated alkanes) is 28. The molecule has 0 radical (unpaired) electrons. The Morgan fingerprint density at radius 1 is 0.469 bits per heavy atom. The van der Waals surface area contributed by atoms with Crippen LogP contribution in [0.3, 0.4) is 0 Å². The molecule has 0 aliphatic heterocycles. The highest BCUT2D eigenvalue weighted by Gasteiger charge is 2.26. The molecule has 11 heteroatoms. The predicted molar refractivity (Wildman–Crippen MR) is 260 cm³/mol. The lowest BCUT2D eigenvalue weighted by Gasteiger charge is -2.20. The quantitative estimate of drug-likeness (QED) is 0.0263. The molecule has 0 saturated heterocycles. The second kappa shape index (κ2) is 49.6. The lowest BCUT2D eigenvalue weighted by Crippen LogP contribution is -2.29. The Labute approximate surface area is 391 Å². The van der Waals surface area contributed by atoms with Crippen LogP contribution in [0.5, 0.6) is 0 Å². The zero-order valence-electron chi connectivity index (χ0n) is 40.5. The van der Waals surface area contributed by atoms with Crippen molar-refractivity contribution in [3.05, 3.63) is 0 Å². The van der Waals surface area contributed by atoms with E-state index in [1.165, 1.54) is 89.9 Å². The van der Waals surface area contributed by atoms with Crippen molar-refractivity contribution in [2.75, 3.05) is 39.6 Å². The van der Waals surface area contributed by atoms with Gasteiger partial charge in [-0.2, -0.15) is 0 Å². The molecular formula is C53H89O10P. The number of esters is 2. The third kappa shape index (κ3) is 48.7. The fourth-order valence-electron chi connectivity index (χ4n) is 6.71. The highest BCUT2D eigenvalue weighted by molar-refractivity contribution is 7.47. The van der Waals surface area contributed by atoms with Crippen LogP contribution in [0.1, 0.15) is 232 Å². The van der Waals surface area contributed by atoms with E-state index in [1.807, 2.05) is 0 Å². The highest BCUT2D eigenvalue weighted by atomic mass is 31.2. The second-order valence-electron chi connectivity index (χ2n) is 16.6. The van der Waals surface area contributed by atoms with E-state index in [1.54, 1.807) is 0 Å². The standard InChI is InChI=1S/C53H89O10P/c1-3-5-7-9-11-13-15-17-19-21-23-25-27-29-31-33-35-37-39-41-43-52(55)60-49-51(50-62-64(57,58)61-48-47-59-46-45-54)63-53(56)44-42-40-38-36-34-32-30-28-26-24-22-20-18-16-14-12-10-8-6-4-2/h51,54H,3-20,29-50H2,1-2H3,(H,57,58). The molecule has 0 aromatic heterocycles. The summed E-state index contributed by atoms with van der Waals surface area (Å²) in [7, 11) is -4.50. The Kier molecular flexibility index (Phi) is 47.5. The van der Waals surface area contributed by atoms with Crippen molar-refractivity contribution >= 4 is 19.8 Å². The zero-order chi connectivity index (χ0) is 46.7. The first kappa shape index (κ1) is 61.2. The van der Waals surface area contributed by atoms with Crippen LogP contribution in [0.25, 0.3) is 0 Å². The van der Waals surface area contributed by atoms with Gasteiger partial charge in [0, 0.05) is 38.5 Å². The molecule has 0 aromatic rings. The minimum atomic E-state index is -4.50. The maximum atomic E-state index is 12.7. The Morgan fingerprint density at radius 2 is 0.844 bits per heavy atom. The molecule has 0 fully saturated rings. The smallest absolute Gasteiger partial charge is 0.462 e. The van der Waals surface area contributed by atoms with Gasteiger partial charge in [-0.25, -0.2) is 4.57 Å². The fraction of sp³-hybridized carbons (Fsp3) is 0.811. The number of ether oxygens (including phenoxy) is 3. The van der Waals surface area contributed by atoms with Gasteiger partial charge in [0.2, 0.25) is 0 Å². The Balaban J connectivity index is 4.32. The van der Waals surface area contributed by atoms with Crippen LogP contribution in [0.2, 0.25) is 0 Å². The fourth-order valence-corrected chi connectivity index (χ4v) is 7.45. The van der Waals surface area contributed by atoms with E-state index in [2.05, 4.69) is 61.2 Å². The Bertz CT molecular complexity index is 1400. The van der Waals surface area contributed by atoms with Crippen molar-refractivity contribution in [3.63, 3.8) is 0 Å². The first-order valence-electron chi connectivity index (χ1n) is 25.4. The maximum Gasteiger partial charge on any atom is 0.472 e. The van der Waals surface area contributed by atoms with E-state index in [9.17, 15) is 19.0 Å². The van der Waals surface area contributed by atoms with Crippen LogP contribution in [-0.4, -0.2) is 67.7 Å². The van der Waals surface area contributed by atoms with Gasteiger partial charge in [-0.05, 0) is 62.2 Å². The van der Waals surface area contributed by atoms with Gasteiger partial charge >= 0.3 is 19.8 Å². The van der Waals surface area contributed by atoms with E-state index >= 15 is 0 Å². The summed E-state index contributed by atoms with van der Waals surface area (Å²) >= 11 is 0. The molecule has 0 aliphatic rings. The van der Waals surface area contributed by atoms with Gasteiger partial charge < -0.3 is 24.2 Å². The summed E-state index contributed by atoms with van der Waals surface area (Å²) < 4.78 is 38.3. The summed E-state index contributed by atoms with van der Waals surface area (Å²) in [5, 5.41) is 8.80. The lowest BCUT2D eigenvalue weighted by atomic mass is 10.1. The molecule has 2 atom stereocenters. The monoisotopic (exact) mass is 917 g/mol. The van der Waals surface area contributed by atoms with Gasteiger partial charge in [0.25, 0.3) is 0 Å². The van der Waals surface area contributed by atoms with Crippen LogP contribution < -0.4 is 0 Å². The van der Waals surface area contributed by atoms with Crippen molar-refractivity contribution in [1.82, 2.24) is 0 Å². The normalized spacial score (nSPS) is 12.0. The Hall–Kier alpha value is -2.79. The van der Waals surface area contributed by atoms with Crippen LogP contribution in [0.15, 0.2) is 0 Å². The molecule has 0 aliphatic carbocycles. The number of carbonyl (C=O) groups excluding carboxylic acids is 2. The van der Waals surface area contributed by atoms with Crippen molar-refractivity contribution in [3.8, 4) is 47.4 Å². The lowest BCUT2D eigenvalue weighted by molar-refractivity contribution is -0.161. The van der Waals surface area contributed by atoms with Crippen molar-refractivity contribution in [1.29, 1.82) is 0 Å². The van der Waals surface area contributed by atoms with Gasteiger partial charge in [-0.3, -0.25) is 18.6 Å². The van der Waals surface area contributed by atoms with E-state index in [0.717, 1.165) is 103 Å². The van der Waals surface area contributed by atoms with Crippen LogP contribution in [0.4, 0.5) is 0 Å². The predicted octanol–water partition coefficient (Wildman–Crippen LogP) is 12.9. The molecule has 10 nitrogen and oxygen atoms in total. The van der Waals surface area contributed by atoms with E-state index < -0.39 is 32.5 Å². The summed E-state index contributed by atoms with van der Waals surface area (Å²) in [6, 6.07) is 0. The van der Waals surface area contributed by atoms with Crippen LogP contribution in [-0.2, 0) is 37.4 Å². The average molecular weight is 917 g/mol. The molecule has 0 spiro atoms. The first-order valence-corrected chi connectivity index (χ1v) is 26.9. The molecule has 0 amide bonds. The summed E-state index contributed by atoms with van der Waals surface area (Å²) in [5.41, 5.74) is 0. The van der Waals surface area contributed by atoms with E-state index in [0.29, 0.717) is 12.8 Å². The molecule has 0 heterocycles. The molecule has 366 valence electrons. The molecule has 0 bridgehead atoms.